The monoisotopic (exact) mass is 283 g/mol. The minimum Gasteiger partial charge on any atom is -0.396 e. The van der Waals surface area contributed by atoms with E-state index in [1.165, 1.54) is 12.8 Å². The van der Waals surface area contributed by atoms with Gasteiger partial charge in [-0.25, -0.2) is 0 Å². The van der Waals surface area contributed by atoms with Gasteiger partial charge < -0.3 is 20.6 Å². The number of piperidine rings is 1. The first-order chi connectivity index (χ1) is 9.70. The molecule has 114 valence electrons. The molecule has 2 fully saturated rings. The number of carbonyl (C=O) groups excluding carboxylic acids is 2. The maximum absolute atomic E-state index is 12.0. The summed E-state index contributed by atoms with van der Waals surface area (Å²) in [6.45, 7) is 2.39. The lowest BCUT2D eigenvalue weighted by molar-refractivity contribution is -0.134. The Bertz CT molecular complexity index is 337. The van der Waals surface area contributed by atoms with Crippen molar-refractivity contribution >= 4 is 11.8 Å². The van der Waals surface area contributed by atoms with E-state index in [9.17, 15) is 9.59 Å². The van der Waals surface area contributed by atoms with Crippen molar-refractivity contribution in [2.24, 2.45) is 5.92 Å². The lowest BCUT2D eigenvalue weighted by Gasteiger charge is -2.31. The summed E-state index contributed by atoms with van der Waals surface area (Å²) >= 11 is 0. The quantitative estimate of drug-likeness (QED) is 0.549. The summed E-state index contributed by atoms with van der Waals surface area (Å²) in [5, 5.41) is 14.7. The van der Waals surface area contributed by atoms with Crippen LogP contribution in [0.15, 0.2) is 0 Å². The van der Waals surface area contributed by atoms with E-state index >= 15 is 0 Å². The largest absolute Gasteiger partial charge is 0.396 e. The fourth-order valence-corrected chi connectivity index (χ4v) is 2.46. The van der Waals surface area contributed by atoms with Gasteiger partial charge in [-0.2, -0.15) is 0 Å². The summed E-state index contributed by atoms with van der Waals surface area (Å²) in [5.41, 5.74) is 0. The molecule has 2 aliphatic rings. The first-order valence-electron chi connectivity index (χ1n) is 7.60. The lowest BCUT2D eigenvalue weighted by Crippen LogP contribution is -2.46. The minimum absolute atomic E-state index is 0.00846. The van der Waals surface area contributed by atoms with Crippen LogP contribution >= 0.6 is 0 Å². The average molecular weight is 283 g/mol. The van der Waals surface area contributed by atoms with Crippen molar-refractivity contribution in [3.8, 4) is 0 Å². The molecule has 0 radical (unpaired) electrons. The van der Waals surface area contributed by atoms with Crippen molar-refractivity contribution in [2.45, 2.75) is 38.1 Å². The molecule has 0 unspecified atom stereocenters. The fourth-order valence-electron chi connectivity index (χ4n) is 2.46. The molecule has 0 aromatic rings. The standard InChI is InChI=1S/C14H25N3O3/c18-9-1-6-15-14(20)11-4-7-17(8-5-11)13(19)10-16-12-2-3-12/h11-12,16,18H,1-10H2,(H,15,20). The third-order valence-electron chi connectivity index (χ3n) is 3.97. The molecule has 6 nitrogen and oxygen atoms in total. The van der Waals surface area contributed by atoms with Gasteiger partial charge in [0.05, 0.1) is 6.54 Å². The third-order valence-corrected chi connectivity index (χ3v) is 3.97. The normalized spacial score (nSPS) is 19.9. The van der Waals surface area contributed by atoms with Gasteiger partial charge in [-0.15, -0.1) is 0 Å². The van der Waals surface area contributed by atoms with Crippen LogP contribution in [0.5, 0.6) is 0 Å². The summed E-state index contributed by atoms with van der Waals surface area (Å²) in [6, 6.07) is 0.550. The van der Waals surface area contributed by atoms with Gasteiger partial charge in [0.1, 0.15) is 0 Å². The zero-order valence-electron chi connectivity index (χ0n) is 11.9. The Morgan fingerprint density at radius 1 is 1.15 bits per heavy atom. The van der Waals surface area contributed by atoms with Gasteiger partial charge in [0.2, 0.25) is 11.8 Å². The van der Waals surface area contributed by atoms with Gasteiger partial charge in [0, 0.05) is 38.2 Å². The Labute approximate surface area is 119 Å². The van der Waals surface area contributed by atoms with Crippen LogP contribution < -0.4 is 10.6 Å². The van der Waals surface area contributed by atoms with E-state index < -0.39 is 0 Å². The van der Waals surface area contributed by atoms with Crippen LogP contribution in [-0.4, -0.2) is 60.6 Å². The maximum Gasteiger partial charge on any atom is 0.236 e. The number of nitrogens with one attached hydrogen (secondary N) is 2. The molecule has 0 aromatic carbocycles. The maximum atomic E-state index is 12.0. The minimum atomic E-state index is 0.00846. The molecular weight excluding hydrogens is 258 g/mol. The third kappa shape index (κ3) is 4.76. The Hall–Kier alpha value is -1.14. The molecule has 2 rings (SSSR count). The summed E-state index contributed by atoms with van der Waals surface area (Å²) in [7, 11) is 0. The molecule has 0 bridgehead atoms. The molecule has 20 heavy (non-hydrogen) atoms. The molecule has 3 N–H and O–H groups in total. The van der Waals surface area contributed by atoms with Crippen LogP contribution in [-0.2, 0) is 9.59 Å². The number of aliphatic hydroxyl groups is 1. The number of likely N-dealkylation sites (tertiary alicyclic amines) is 1. The topological polar surface area (TPSA) is 81.7 Å². The van der Waals surface area contributed by atoms with Crippen molar-refractivity contribution in [1.29, 1.82) is 0 Å². The van der Waals surface area contributed by atoms with E-state index in [1.807, 2.05) is 4.90 Å². The Kier molecular flexibility index (Phi) is 5.79. The van der Waals surface area contributed by atoms with Crippen LogP contribution in [0, 0.1) is 5.92 Å². The van der Waals surface area contributed by atoms with E-state index in [0.717, 1.165) is 12.8 Å². The van der Waals surface area contributed by atoms with Crippen molar-refractivity contribution in [1.82, 2.24) is 15.5 Å². The van der Waals surface area contributed by atoms with E-state index in [2.05, 4.69) is 10.6 Å². The second-order valence-electron chi connectivity index (χ2n) is 5.68. The highest BCUT2D eigenvalue weighted by molar-refractivity contribution is 5.80. The van der Waals surface area contributed by atoms with Crippen molar-refractivity contribution in [2.75, 3.05) is 32.8 Å². The molecular formula is C14H25N3O3. The second kappa shape index (κ2) is 7.59. The fraction of sp³-hybridized carbons (Fsp3) is 0.857. The highest BCUT2D eigenvalue weighted by atomic mass is 16.3. The van der Waals surface area contributed by atoms with E-state index in [-0.39, 0.29) is 24.3 Å². The highest BCUT2D eigenvalue weighted by Crippen LogP contribution is 2.19. The molecule has 2 amide bonds. The molecule has 0 atom stereocenters. The number of aliphatic hydroxyl groups excluding tert-OH is 1. The molecule has 1 aliphatic heterocycles. The van der Waals surface area contributed by atoms with Crippen molar-refractivity contribution < 1.29 is 14.7 Å². The first-order valence-corrected chi connectivity index (χ1v) is 7.60. The number of carbonyl (C=O) groups is 2. The van der Waals surface area contributed by atoms with E-state index in [0.29, 0.717) is 38.6 Å². The Morgan fingerprint density at radius 2 is 1.85 bits per heavy atom. The van der Waals surface area contributed by atoms with Gasteiger partial charge in [-0.3, -0.25) is 9.59 Å². The molecule has 1 aliphatic carbocycles. The van der Waals surface area contributed by atoms with Crippen molar-refractivity contribution in [3.05, 3.63) is 0 Å². The van der Waals surface area contributed by atoms with Gasteiger partial charge in [0.15, 0.2) is 0 Å². The van der Waals surface area contributed by atoms with Crippen LogP contribution in [0.4, 0.5) is 0 Å². The molecule has 1 saturated heterocycles. The number of rotatable bonds is 7. The Balaban J connectivity index is 1.63. The van der Waals surface area contributed by atoms with Crippen LogP contribution in [0.3, 0.4) is 0 Å². The van der Waals surface area contributed by atoms with Gasteiger partial charge in [-0.05, 0) is 32.1 Å². The molecule has 0 aromatic heterocycles. The predicted molar refractivity (Wildman–Crippen MR) is 75.0 cm³/mol. The number of hydrogen-bond donors (Lipinski definition) is 3. The predicted octanol–water partition coefficient (Wildman–Crippen LogP) is -0.524. The number of hydrogen-bond acceptors (Lipinski definition) is 4. The zero-order valence-corrected chi connectivity index (χ0v) is 11.9. The average Bonchev–Trinajstić information content (AvgIpc) is 3.29. The number of nitrogens with zero attached hydrogens (tertiary/aromatic N) is 1. The summed E-state index contributed by atoms with van der Waals surface area (Å²) in [4.78, 5) is 25.7. The van der Waals surface area contributed by atoms with Gasteiger partial charge >= 0.3 is 0 Å². The molecule has 1 saturated carbocycles. The molecule has 1 heterocycles. The Morgan fingerprint density at radius 3 is 2.45 bits per heavy atom. The highest BCUT2D eigenvalue weighted by Gasteiger charge is 2.28. The summed E-state index contributed by atoms with van der Waals surface area (Å²) < 4.78 is 0. The molecule has 6 heteroatoms. The van der Waals surface area contributed by atoms with Crippen LogP contribution in [0.25, 0.3) is 0 Å². The number of amides is 2. The lowest BCUT2D eigenvalue weighted by atomic mass is 9.96. The summed E-state index contributed by atoms with van der Waals surface area (Å²) in [5.74, 6) is 0.215. The second-order valence-corrected chi connectivity index (χ2v) is 5.68. The first kappa shape index (κ1) is 15.3. The van der Waals surface area contributed by atoms with Gasteiger partial charge in [-0.1, -0.05) is 0 Å². The van der Waals surface area contributed by atoms with Gasteiger partial charge in [0.25, 0.3) is 0 Å². The van der Waals surface area contributed by atoms with E-state index in [4.69, 9.17) is 5.11 Å². The van der Waals surface area contributed by atoms with E-state index in [1.54, 1.807) is 0 Å². The van der Waals surface area contributed by atoms with Crippen LogP contribution in [0.2, 0.25) is 0 Å². The van der Waals surface area contributed by atoms with Crippen molar-refractivity contribution in [3.63, 3.8) is 0 Å². The smallest absolute Gasteiger partial charge is 0.236 e. The van der Waals surface area contributed by atoms with Crippen LogP contribution in [0.1, 0.15) is 32.1 Å². The SMILES string of the molecule is O=C(NCCCO)C1CCN(C(=O)CNC2CC2)CC1. The summed E-state index contributed by atoms with van der Waals surface area (Å²) in [6.07, 6.45) is 4.43. The zero-order chi connectivity index (χ0) is 14.4. The molecule has 0 spiro atoms.